The second-order valence-corrected chi connectivity index (χ2v) is 5.89. The summed E-state index contributed by atoms with van der Waals surface area (Å²) in [6.45, 7) is 9.42. The molecule has 0 aromatic carbocycles. The SMILES string of the molecule is CCNC(Cc1c(Br)c(CC)nn1CC)CN(C)C. The van der Waals surface area contributed by atoms with Gasteiger partial charge in [-0.25, -0.2) is 0 Å². The van der Waals surface area contributed by atoms with Crippen molar-refractivity contribution in [2.75, 3.05) is 27.2 Å². The monoisotopic (exact) mass is 330 g/mol. The Morgan fingerprint density at radius 3 is 2.47 bits per heavy atom. The minimum absolute atomic E-state index is 0.461. The van der Waals surface area contributed by atoms with Gasteiger partial charge in [-0.3, -0.25) is 4.68 Å². The molecule has 4 nitrogen and oxygen atoms in total. The first-order chi connectivity index (χ1) is 9.03. The van der Waals surface area contributed by atoms with Crippen molar-refractivity contribution in [2.45, 2.75) is 46.2 Å². The molecule has 1 rings (SSSR count). The van der Waals surface area contributed by atoms with Crippen LogP contribution in [0, 0.1) is 0 Å². The molecule has 1 unspecified atom stereocenters. The Bertz CT molecular complexity index is 387. The van der Waals surface area contributed by atoms with E-state index in [2.05, 4.69) is 70.8 Å². The fourth-order valence-electron chi connectivity index (χ4n) is 2.38. The Morgan fingerprint density at radius 1 is 1.32 bits per heavy atom. The number of likely N-dealkylation sites (N-methyl/N-ethyl adjacent to an activating group) is 2. The van der Waals surface area contributed by atoms with Gasteiger partial charge in [0, 0.05) is 25.6 Å². The first kappa shape index (κ1) is 16.7. The summed E-state index contributed by atoms with van der Waals surface area (Å²) in [6, 6.07) is 0.461. The second kappa shape index (κ2) is 8.02. The van der Waals surface area contributed by atoms with Crippen LogP contribution in [-0.4, -0.2) is 47.9 Å². The van der Waals surface area contributed by atoms with Gasteiger partial charge in [0.2, 0.25) is 0 Å². The summed E-state index contributed by atoms with van der Waals surface area (Å²) in [5, 5.41) is 8.23. The van der Waals surface area contributed by atoms with Gasteiger partial charge >= 0.3 is 0 Å². The molecule has 0 bridgehead atoms. The molecule has 1 aromatic rings. The first-order valence-electron chi connectivity index (χ1n) is 7.15. The van der Waals surface area contributed by atoms with E-state index in [1.165, 1.54) is 10.2 Å². The van der Waals surface area contributed by atoms with Crippen LogP contribution in [-0.2, 0) is 19.4 Å². The lowest BCUT2D eigenvalue weighted by molar-refractivity contribution is 0.335. The van der Waals surface area contributed by atoms with Crippen LogP contribution in [0.4, 0.5) is 0 Å². The van der Waals surface area contributed by atoms with Crippen molar-refractivity contribution >= 4 is 15.9 Å². The Labute approximate surface area is 125 Å². The summed E-state index contributed by atoms with van der Waals surface area (Å²) in [5.41, 5.74) is 2.48. The number of halogens is 1. The van der Waals surface area contributed by atoms with E-state index in [0.717, 1.165) is 38.2 Å². The quantitative estimate of drug-likeness (QED) is 0.794. The zero-order valence-electron chi connectivity index (χ0n) is 12.8. The van der Waals surface area contributed by atoms with E-state index >= 15 is 0 Å². The Kier molecular flexibility index (Phi) is 7.04. The Morgan fingerprint density at radius 2 is 2.00 bits per heavy atom. The van der Waals surface area contributed by atoms with Crippen molar-refractivity contribution in [3.8, 4) is 0 Å². The second-order valence-electron chi connectivity index (χ2n) is 5.10. The summed E-state index contributed by atoms with van der Waals surface area (Å²) in [4.78, 5) is 2.23. The molecule has 0 amide bonds. The first-order valence-corrected chi connectivity index (χ1v) is 7.94. The Hall–Kier alpha value is -0.390. The van der Waals surface area contributed by atoms with E-state index in [4.69, 9.17) is 0 Å². The van der Waals surface area contributed by atoms with Crippen molar-refractivity contribution in [2.24, 2.45) is 0 Å². The van der Waals surface area contributed by atoms with Crippen LogP contribution in [0.25, 0.3) is 0 Å². The molecule has 1 atom stereocenters. The average Bonchev–Trinajstić information content (AvgIpc) is 2.66. The molecule has 110 valence electrons. The van der Waals surface area contributed by atoms with Gasteiger partial charge in [-0.05, 0) is 49.9 Å². The van der Waals surface area contributed by atoms with E-state index in [1.807, 2.05) is 0 Å². The third-order valence-corrected chi connectivity index (χ3v) is 4.13. The van der Waals surface area contributed by atoms with Crippen LogP contribution >= 0.6 is 15.9 Å². The molecule has 1 heterocycles. The number of nitrogens with zero attached hydrogens (tertiary/aromatic N) is 3. The molecule has 0 aliphatic carbocycles. The van der Waals surface area contributed by atoms with Crippen molar-refractivity contribution in [1.82, 2.24) is 20.0 Å². The van der Waals surface area contributed by atoms with E-state index in [-0.39, 0.29) is 0 Å². The highest BCUT2D eigenvalue weighted by molar-refractivity contribution is 9.10. The number of hydrogen-bond acceptors (Lipinski definition) is 3. The number of nitrogens with one attached hydrogen (secondary N) is 1. The van der Waals surface area contributed by atoms with Gasteiger partial charge in [0.25, 0.3) is 0 Å². The van der Waals surface area contributed by atoms with Crippen molar-refractivity contribution in [3.63, 3.8) is 0 Å². The van der Waals surface area contributed by atoms with Crippen LogP contribution in [0.2, 0.25) is 0 Å². The average molecular weight is 331 g/mol. The Balaban J connectivity index is 2.91. The molecule has 0 aliphatic heterocycles. The molecular weight excluding hydrogens is 304 g/mol. The van der Waals surface area contributed by atoms with Crippen LogP contribution in [0.5, 0.6) is 0 Å². The number of aryl methyl sites for hydroxylation is 2. The van der Waals surface area contributed by atoms with E-state index in [9.17, 15) is 0 Å². The van der Waals surface area contributed by atoms with Crippen LogP contribution in [0.3, 0.4) is 0 Å². The van der Waals surface area contributed by atoms with E-state index < -0.39 is 0 Å². The van der Waals surface area contributed by atoms with Crippen LogP contribution in [0.15, 0.2) is 4.47 Å². The molecule has 1 aromatic heterocycles. The summed E-state index contributed by atoms with van der Waals surface area (Å²) < 4.78 is 3.32. The summed E-state index contributed by atoms with van der Waals surface area (Å²) in [5.74, 6) is 0. The molecule has 0 radical (unpaired) electrons. The predicted octanol–water partition coefficient (Wildman–Crippen LogP) is 2.31. The summed E-state index contributed by atoms with van der Waals surface area (Å²) >= 11 is 3.72. The van der Waals surface area contributed by atoms with Gasteiger partial charge in [-0.2, -0.15) is 5.10 Å². The maximum atomic E-state index is 4.67. The highest BCUT2D eigenvalue weighted by Crippen LogP contribution is 2.23. The number of hydrogen-bond donors (Lipinski definition) is 1. The molecule has 1 N–H and O–H groups in total. The lowest BCUT2D eigenvalue weighted by Crippen LogP contribution is -2.40. The molecular formula is C14H27BrN4. The minimum Gasteiger partial charge on any atom is -0.313 e. The van der Waals surface area contributed by atoms with Gasteiger partial charge in [0.05, 0.1) is 15.9 Å². The van der Waals surface area contributed by atoms with Gasteiger partial charge < -0.3 is 10.2 Å². The lowest BCUT2D eigenvalue weighted by Gasteiger charge is -2.22. The third kappa shape index (κ3) is 4.58. The topological polar surface area (TPSA) is 33.1 Å². The highest BCUT2D eigenvalue weighted by atomic mass is 79.9. The molecule has 0 saturated heterocycles. The summed E-state index contributed by atoms with van der Waals surface area (Å²) in [7, 11) is 4.24. The number of rotatable bonds is 8. The highest BCUT2D eigenvalue weighted by Gasteiger charge is 2.18. The number of aromatic nitrogens is 2. The molecule has 0 saturated carbocycles. The van der Waals surface area contributed by atoms with Crippen molar-refractivity contribution < 1.29 is 0 Å². The zero-order chi connectivity index (χ0) is 14.4. The molecule has 0 aliphatic rings. The van der Waals surface area contributed by atoms with Gasteiger partial charge in [0.1, 0.15) is 0 Å². The molecule has 0 spiro atoms. The maximum Gasteiger partial charge on any atom is 0.0766 e. The van der Waals surface area contributed by atoms with Crippen LogP contribution < -0.4 is 5.32 Å². The van der Waals surface area contributed by atoms with Crippen molar-refractivity contribution in [3.05, 3.63) is 15.9 Å². The fourth-order valence-corrected chi connectivity index (χ4v) is 3.10. The fraction of sp³-hybridized carbons (Fsp3) is 0.786. The maximum absolute atomic E-state index is 4.67. The zero-order valence-corrected chi connectivity index (χ0v) is 14.4. The summed E-state index contributed by atoms with van der Waals surface area (Å²) in [6.07, 6.45) is 1.98. The van der Waals surface area contributed by atoms with Gasteiger partial charge in [0.15, 0.2) is 0 Å². The molecule has 5 heteroatoms. The van der Waals surface area contributed by atoms with Gasteiger partial charge in [-0.1, -0.05) is 13.8 Å². The standard InChI is InChI=1S/C14H27BrN4/c1-6-12-14(15)13(19(8-3)17-12)9-11(16-7-2)10-18(4)5/h11,16H,6-10H2,1-5H3. The van der Waals surface area contributed by atoms with Crippen molar-refractivity contribution in [1.29, 1.82) is 0 Å². The lowest BCUT2D eigenvalue weighted by atomic mass is 10.1. The van der Waals surface area contributed by atoms with E-state index in [0.29, 0.717) is 6.04 Å². The minimum atomic E-state index is 0.461. The largest absolute Gasteiger partial charge is 0.313 e. The third-order valence-electron chi connectivity index (χ3n) is 3.21. The molecule has 19 heavy (non-hydrogen) atoms. The molecule has 0 fully saturated rings. The predicted molar refractivity (Wildman–Crippen MR) is 84.7 cm³/mol. The van der Waals surface area contributed by atoms with E-state index in [1.54, 1.807) is 0 Å². The van der Waals surface area contributed by atoms with Crippen LogP contribution in [0.1, 0.15) is 32.2 Å². The van der Waals surface area contributed by atoms with Gasteiger partial charge in [-0.15, -0.1) is 0 Å². The normalized spacial score (nSPS) is 13.2. The smallest absolute Gasteiger partial charge is 0.0766 e.